The van der Waals surface area contributed by atoms with Gasteiger partial charge in [-0.05, 0) is 48.7 Å². The van der Waals surface area contributed by atoms with E-state index in [-0.39, 0.29) is 11.6 Å². The topological polar surface area (TPSA) is 32.7 Å². The second-order valence-electron chi connectivity index (χ2n) is 5.70. The van der Waals surface area contributed by atoms with Gasteiger partial charge in [-0.15, -0.1) is 0 Å². The van der Waals surface area contributed by atoms with Gasteiger partial charge in [-0.2, -0.15) is 0 Å². The molecule has 0 aromatic heterocycles. The van der Waals surface area contributed by atoms with E-state index in [0.29, 0.717) is 12.3 Å². The summed E-state index contributed by atoms with van der Waals surface area (Å²) in [6, 6.07) is 10.8. The molecule has 0 saturated carbocycles. The number of methoxy groups -OCH3 is 1. The molecule has 116 valence electrons. The molecule has 0 unspecified atom stereocenters. The number of halogens is 1. The molecule has 22 heavy (non-hydrogen) atoms. The van der Waals surface area contributed by atoms with Gasteiger partial charge in [0.15, 0.2) is 11.5 Å². The molecule has 3 rings (SSSR count). The quantitative estimate of drug-likeness (QED) is 0.917. The van der Waals surface area contributed by atoms with Crippen LogP contribution in [0.15, 0.2) is 36.4 Å². The third kappa shape index (κ3) is 3.07. The predicted octanol–water partition coefficient (Wildman–Crippen LogP) is 3.49. The fourth-order valence-electron chi connectivity index (χ4n) is 2.99. The van der Waals surface area contributed by atoms with Crippen LogP contribution in [0.5, 0.6) is 11.5 Å². The molecule has 1 aliphatic rings. The number of fused-ring (bicyclic) bond motifs is 1. The van der Waals surface area contributed by atoms with Crippen LogP contribution >= 0.6 is 0 Å². The summed E-state index contributed by atoms with van der Waals surface area (Å²) < 4.78 is 18.8. The van der Waals surface area contributed by atoms with Crippen LogP contribution in [0, 0.1) is 5.82 Å². The molecule has 0 aliphatic carbocycles. The highest BCUT2D eigenvalue weighted by Crippen LogP contribution is 2.28. The molecular weight excluding hydrogens is 281 g/mol. The normalized spacial score (nSPS) is 14.1. The number of rotatable bonds is 5. The van der Waals surface area contributed by atoms with Crippen molar-refractivity contribution < 1.29 is 14.2 Å². The number of aryl methyl sites for hydroxylation is 1. The first-order chi connectivity index (χ1) is 10.7. The minimum Gasteiger partial charge on any atom is -0.504 e. The number of benzene rings is 2. The maximum absolute atomic E-state index is 13.7. The Labute approximate surface area is 130 Å². The van der Waals surface area contributed by atoms with Crippen LogP contribution in [-0.4, -0.2) is 23.7 Å². The lowest BCUT2D eigenvalue weighted by molar-refractivity contribution is 0.278. The van der Waals surface area contributed by atoms with Crippen molar-refractivity contribution in [3.05, 3.63) is 58.9 Å². The van der Waals surface area contributed by atoms with Crippen LogP contribution in [0.2, 0.25) is 0 Å². The molecule has 1 N–H and O–H groups in total. The highest BCUT2D eigenvalue weighted by atomic mass is 19.1. The van der Waals surface area contributed by atoms with Gasteiger partial charge in [0.25, 0.3) is 0 Å². The van der Waals surface area contributed by atoms with E-state index in [1.54, 1.807) is 19.2 Å². The van der Waals surface area contributed by atoms with E-state index in [2.05, 4.69) is 4.90 Å². The van der Waals surface area contributed by atoms with Gasteiger partial charge in [-0.25, -0.2) is 4.39 Å². The van der Waals surface area contributed by atoms with Crippen molar-refractivity contribution in [2.75, 3.05) is 13.7 Å². The van der Waals surface area contributed by atoms with Crippen molar-refractivity contribution in [2.24, 2.45) is 0 Å². The molecule has 0 atom stereocenters. The molecule has 0 saturated heterocycles. The van der Waals surface area contributed by atoms with E-state index < -0.39 is 0 Å². The minimum absolute atomic E-state index is 0.0942. The molecular formula is C18H20FNO2. The van der Waals surface area contributed by atoms with E-state index in [9.17, 15) is 9.50 Å². The number of phenols is 1. The lowest BCUT2D eigenvalue weighted by Crippen LogP contribution is -2.18. The highest BCUT2D eigenvalue weighted by molar-refractivity contribution is 5.41. The molecule has 0 fully saturated rings. The van der Waals surface area contributed by atoms with Gasteiger partial charge in [-0.3, -0.25) is 4.90 Å². The van der Waals surface area contributed by atoms with Gasteiger partial charge < -0.3 is 9.84 Å². The maximum Gasteiger partial charge on any atom is 0.160 e. The number of nitrogens with zero attached hydrogens (tertiary/aromatic N) is 1. The first-order valence-corrected chi connectivity index (χ1v) is 7.52. The number of phenolic OH excluding ortho intramolecular Hbond substituents is 1. The van der Waals surface area contributed by atoms with Crippen molar-refractivity contribution >= 4 is 0 Å². The molecule has 1 heterocycles. The summed E-state index contributed by atoms with van der Waals surface area (Å²) in [6.07, 6.45) is 1.90. The van der Waals surface area contributed by atoms with Gasteiger partial charge in [0.2, 0.25) is 0 Å². The van der Waals surface area contributed by atoms with Crippen molar-refractivity contribution in [1.29, 1.82) is 0 Å². The van der Waals surface area contributed by atoms with Gasteiger partial charge >= 0.3 is 0 Å². The summed E-state index contributed by atoms with van der Waals surface area (Å²) in [6.45, 7) is 2.45. The number of aromatic hydroxyl groups is 1. The molecule has 0 radical (unpaired) electrons. The van der Waals surface area contributed by atoms with Crippen molar-refractivity contribution in [1.82, 2.24) is 4.90 Å². The predicted molar refractivity (Wildman–Crippen MR) is 83.5 cm³/mol. The summed E-state index contributed by atoms with van der Waals surface area (Å²) in [4.78, 5) is 2.27. The van der Waals surface area contributed by atoms with Gasteiger partial charge in [0.05, 0.1) is 7.11 Å². The fourth-order valence-corrected chi connectivity index (χ4v) is 2.99. The molecule has 3 nitrogen and oxygen atoms in total. The van der Waals surface area contributed by atoms with Crippen LogP contribution in [0.3, 0.4) is 0 Å². The van der Waals surface area contributed by atoms with Gasteiger partial charge in [0, 0.05) is 18.7 Å². The van der Waals surface area contributed by atoms with Crippen LogP contribution in [0.1, 0.15) is 23.1 Å². The van der Waals surface area contributed by atoms with Crippen molar-refractivity contribution in [2.45, 2.75) is 25.9 Å². The monoisotopic (exact) mass is 301 g/mol. The average Bonchev–Trinajstić information content (AvgIpc) is 2.93. The molecule has 0 amide bonds. The summed E-state index contributed by atoms with van der Waals surface area (Å²) in [5.41, 5.74) is 3.08. The SMILES string of the molecule is COc1cc(CCCN2Cc3cccc(F)c3C2)ccc1O. The molecule has 2 aromatic rings. The highest BCUT2D eigenvalue weighted by Gasteiger charge is 2.21. The van der Waals surface area contributed by atoms with Crippen molar-refractivity contribution in [3.8, 4) is 11.5 Å². The van der Waals surface area contributed by atoms with E-state index in [0.717, 1.165) is 42.6 Å². The first kappa shape index (κ1) is 14.9. The molecule has 1 aliphatic heterocycles. The Balaban J connectivity index is 1.54. The van der Waals surface area contributed by atoms with Gasteiger partial charge in [0.1, 0.15) is 5.82 Å². The van der Waals surface area contributed by atoms with E-state index in [4.69, 9.17) is 4.74 Å². The zero-order valence-electron chi connectivity index (χ0n) is 12.7. The largest absolute Gasteiger partial charge is 0.504 e. The first-order valence-electron chi connectivity index (χ1n) is 7.52. The smallest absolute Gasteiger partial charge is 0.160 e. The van der Waals surface area contributed by atoms with Crippen LogP contribution < -0.4 is 4.74 Å². The summed E-state index contributed by atoms with van der Waals surface area (Å²) in [5.74, 6) is 0.577. The van der Waals surface area contributed by atoms with E-state index >= 15 is 0 Å². The Bertz CT molecular complexity index is 672. The third-order valence-electron chi connectivity index (χ3n) is 4.18. The van der Waals surface area contributed by atoms with Gasteiger partial charge in [-0.1, -0.05) is 18.2 Å². The molecule has 2 aromatic carbocycles. The Morgan fingerprint density at radius 1 is 1.23 bits per heavy atom. The zero-order chi connectivity index (χ0) is 15.5. The molecule has 0 spiro atoms. The Hall–Kier alpha value is -2.07. The van der Waals surface area contributed by atoms with Crippen LogP contribution in [-0.2, 0) is 19.5 Å². The average molecular weight is 301 g/mol. The molecule has 4 heteroatoms. The Morgan fingerprint density at radius 2 is 2.09 bits per heavy atom. The Kier molecular flexibility index (Phi) is 4.29. The lowest BCUT2D eigenvalue weighted by atomic mass is 10.1. The summed E-state index contributed by atoms with van der Waals surface area (Å²) in [5, 5.41) is 9.59. The number of hydrogen-bond donors (Lipinski definition) is 1. The zero-order valence-corrected chi connectivity index (χ0v) is 12.7. The van der Waals surface area contributed by atoms with E-state index in [1.165, 1.54) is 6.07 Å². The lowest BCUT2D eigenvalue weighted by Gasteiger charge is -2.14. The van der Waals surface area contributed by atoms with Crippen LogP contribution in [0.4, 0.5) is 4.39 Å². The summed E-state index contributed by atoms with van der Waals surface area (Å²) in [7, 11) is 1.55. The molecule has 0 bridgehead atoms. The second kappa shape index (κ2) is 6.36. The second-order valence-corrected chi connectivity index (χ2v) is 5.70. The van der Waals surface area contributed by atoms with E-state index in [1.807, 2.05) is 18.2 Å². The third-order valence-corrected chi connectivity index (χ3v) is 4.18. The van der Waals surface area contributed by atoms with Crippen LogP contribution in [0.25, 0.3) is 0 Å². The number of hydrogen-bond acceptors (Lipinski definition) is 3. The minimum atomic E-state index is -0.0942. The number of ether oxygens (including phenoxy) is 1. The maximum atomic E-state index is 13.7. The summed E-state index contributed by atoms with van der Waals surface area (Å²) >= 11 is 0. The standard InChI is InChI=1S/C18H20FNO2/c1-22-18-10-13(7-8-17(18)21)4-3-9-20-11-14-5-2-6-16(19)15(14)12-20/h2,5-8,10,21H,3-4,9,11-12H2,1H3. The fraction of sp³-hybridized carbons (Fsp3) is 0.333. The van der Waals surface area contributed by atoms with Crippen molar-refractivity contribution in [3.63, 3.8) is 0 Å². The Morgan fingerprint density at radius 3 is 2.86 bits per heavy atom.